The maximum absolute atomic E-state index is 4.54. The van der Waals surface area contributed by atoms with Gasteiger partial charge in [0.25, 0.3) is 0 Å². The lowest BCUT2D eigenvalue weighted by Gasteiger charge is -2.17. The van der Waals surface area contributed by atoms with Crippen LogP contribution in [0.25, 0.3) is 0 Å². The van der Waals surface area contributed by atoms with Gasteiger partial charge in [-0.05, 0) is 26.6 Å². The van der Waals surface area contributed by atoms with Crippen molar-refractivity contribution in [3.63, 3.8) is 0 Å². The molecule has 0 bridgehead atoms. The van der Waals surface area contributed by atoms with Gasteiger partial charge in [-0.2, -0.15) is 5.10 Å². The summed E-state index contributed by atoms with van der Waals surface area (Å²) in [7, 11) is 2.04. The third-order valence-electron chi connectivity index (χ3n) is 3.38. The fourth-order valence-electron chi connectivity index (χ4n) is 2.13. The average Bonchev–Trinajstić information content (AvgIpc) is 2.67. The zero-order chi connectivity index (χ0) is 14.3. The van der Waals surface area contributed by atoms with E-state index in [2.05, 4.69) is 43.0 Å². The van der Waals surface area contributed by atoms with Crippen molar-refractivity contribution in [1.29, 1.82) is 0 Å². The van der Waals surface area contributed by atoms with Crippen LogP contribution in [0.5, 0.6) is 0 Å². The summed E-state index contributed by atoms with van der Waals surface area (Å²) < 4.78 is 2.02. The molecular formula is C14H28N4S. The highest BCUT2D eigenvalue weighted by atomic mass is 32.2. The van der Waals surface area contributed by atoms with Crippen LogP contribution in [-0.2, 0) is 13.6 Å². The third kappa shape index (κ3) is 4.82. The number of hydrogen-bond acceptors (Lipinski definition) is 4. The van der Waals surface area contributed by atoms with Crippen molar-refractivity contribution in [3.8, 4) is 0 Å². The molecule has 0 fully saturated rings. The molecule has 0 spiro atoms. The smallest absolute Gasteiger partial charge is 0.0984 e. The first-order valence-electron chi connectivity index (χ1n) is 7.22. The Morgan fingerprint density at radius 3 is 2.53 bits per heavy atom. The van der Waals surface area contributed by atoms with Crippen molar-refractivity contribution in [2.75, 3.05) is 31.9 Å². The highest BCUT2D eigenvalue weighted by Gasteiger charge is 2.13. The van der Waals surface area contributed by atoms with Gasteiger partial charge in [-0.1, -0.05) is 20.8 Å². The number of nitrogens with zero attached hydrogens (tertiary/aromatic N) is 3. The van der Waals surface area contributed by atoms with Crippen molar-refractivity contribution in [2.45, 2.75) is 39.3 Å². The normalized spacial score (nSPS) is 11.5. The minimum absolute atomic E-state index is 0.920. The maximum atomic E-state index is 4.54. The summed E-state index contributed by atoms with van der Waals surface area (Å²) in [5.74, 6) is 1.12. The fraction of sp³-hybridized carbons (Fsp3) is 0.786. The van der Waals surface area contributed by atoms with Gasteiger partial charge in [0.05, 0.1) is 10.7 Å². The van der Waals surface area contributed by atoms with Crippen LogP contribution in [0.2, 0.25) is 0 Å². The number of thioether (sulfide) groups is 1. The molecule has 0 aliphatic rings. The molecule has 1 aromatic rings. The van der Waals surface area contributed by atoms with E-state index in [-0.39, 0.29) is 0 Å². The monoisotopic (exact) mass is 284 g/mol. The molecule has 1 heterocycles. The topological polar surface area (TPSA) is 33.1 Å². The Morgan fingerprint density at radius 2 is 1.95 bits per heavy atom. The van der Waals surface area contributed by atoms with Crippen LogP contribution in [0.4, 0.5) is 0 Å². The molecule has 110 valence electrons. The lowest BCUT2D eigenvalue weighted by atomic mass is 10.2. The molecule has 0 atom stereocenters. The second-order valence-electron chi connectivity index (χ2n) is 4.65. The van der Waals surface area contributed by atoms with E-state index < -0.39 is 0 Å². The lowest BCUT2D eigenvalue weighted by molar-refractivity contribution is 0.324. The van der Waals surface area contributed by atoms with E-state index in [9.17, 15) is 0 Å². The summed E-state index contributed by atoms with van der Waals surface area (Å²) in [6.45, 7) is 14.0. The molecule has 0 radical (unpaired) electrons. The Labute approximate surface area is 121 Å². The highest BCUT2D eigenvalue weighted by molar-refractivity contribution is 7.99. The molecule has 0 saturated heterocycles. The number of nitrogens with one attached hydrogen (secondary N) is 1. The summed E-state index contributed by atoms with van der Waals surface area (Å²) in [6, 6.07) is 0. The molecule has 1 aromatic heterocycles. The second-order valence-corrected chi connectivity index (χ2v) is 5.73. The Morgan fingerprint density at radius 1 is 1.26 bits per heavy atom. The van der Waals surface area contributed by atoms with Crippen LogP contribution in [0.3, 0.4) is 0 Å². The SMILES string of the molecule is CCNCc1c(C)nn(C)c1SCCN(CC)CC. The zero-order valence-electron chi connectivity index (χ0n) is 13.0. The van der Waals surface area contributed by atoms with Crippen molar-refractivity contribution in [1.82, 2.24) is 20.0 Å². The van der Waals surface area contributed by atoms with E-state index in [0.717, 1.165) is 44.2 Å². The molecule has 0 saturated carbocycles. The minimum atomic E-state index is 0.920. The summed E-state index contributed by atoms with van der Waals surface area (Å²) >= 11 is 1.92. The Balaban J connectivity index is 2.61. The van der Waals surface area contributed by atoms with E-state index in [1.165, 1.54) is 10.6 Å². The molecule has 4 nitrogen and oxygen atoms in total. The number of rotatable bonds is 9. The molecule has 19 heavy (non-hydrogen) atoms. The minimum Gasteiger partial charge on any atom is -0.313 e. The summed E-state index contributed by atoms with van der Waals surface area (Å²) in [4.78, 5) is 2.46. The zero-order valence-corrected chi connectivity index (χ0v) is 13.8. The highest BCUT2D eigenvalue weighted by Crippen LogP contribution is 2.24. The Kier molecular flexibility index (Phi) is 7.49. The van der Waals surface area contributed by atoms with E-state index in [4.69, 9.17) is 0 Å². The maximum Gasteiger partial charge on any atom is 0.0984 e. The largest absolute Gasteiger partial charge is 0.313 e. The van der Waals surface area contributed by atoms with Gasteiger partial charge >= 0.3 is 0 Å². The van der Waals surface area contributed by atoms with Gasteiger partial charge in [0.1, 0.15) is 0 Å². The summed E-state index contributed by atoms with van der Waals surface area (Å²) in [5.41, 5.74) is 2.50. The number of hydrogen-bond donors (Lipinski definition) is 1. The standard InChI is InChI=1S/C14H28N4S/c1-6-15-11-13-12(4)16-17(5)14(13)19-10-9-18(7-2)8-3/h15H,6-11H2,1-5H3. The molecule has 0 amide bonds. The van der Waals surface area contributed by atoms with E-state index in [0.29, 0.717) is 0 Å². The van der Waals surface area contributed by atoms with Gasteiger partial charge in [0.2, 0.25) is 0 Å². The first kappa shape index (κ1) is 16.5. The molecular weight excluding hydrogens is 256 g/mol. The number of aromatic nitrogens is 2. The van der Waals surface area contributed by atoms with Gasteiger partial charge in [-0.3, -0.25) is 4.68 Å². The second kappa shape index (κ2) is 8.61. The predicted molar refractivity (Wildman–Crippen MR) is 83.8 cm³/mol. The lowest BCUT2D eigenvalue weighted by Crippen LogP contribution is -2.25. The average molecular weight is 284 g/mol. The van der Waals surface area contributed by atoms with E-state index in [1.807, 2.05) is 23.5 Å². The predicted octanol–water partition coefficient (Wildman–Crippen LogP) is 2.27. The fourth-order valence-corrected chi connectivity index (χ4v) is 3.29. The quantitative estimate of drug-likeness (QED) is 0.705. The van der Waals surface area contributed by atoms with Crippen molar-refractivity contribution in [2.24, 2.45) is 7.05 Å². The number of aryl methyl sites for hydroxylation is 2. The molecule has 0 unspecified atom stereocenters. The van der Waals surface area contributed by atoms with Crippen LogP contribution in [-0.4, -0.2) is 46.6 Å². The van der Waals surface area contributed by atoms with Gasteiger partial charge < -0.3 is 10.2 Å². The molecule has 0 aliphatic heterocycles. The van der Waals surface area contributed by atoms with Crippen LogP contribution < -0.4 is 5.32 Å². The van der Waals surface area contributed by atoms with Gasteiger partial charge in [-0.25, -0.2) is 0 Å². The van der Waals surface area contributed by atoms with Crippen LogP contribution >= 0.6 is 11.8 Å². The Bertz CT molecular complexity index is 372. The van der Waals surface area contributed by atoms with Crippen LogP contribution in [0.15, 0.2) is 5.03 Å². The van der Waals surface area contributed by atoms with E-state index >= 15 is 0 Å². The molecule has 1 N–H and O–H groups in total. The summed E-state index contributed by atoms with van der Waals surface area (Å²) in [5, 5.41) is 9.26. The van der Waals surface area contributed by atoms with Crippen molar-refractivity contribution < 1.29 is 0 Å². The summed E-state index contributed by atoms with van der Waals surface area (Å²) in [6.07, 6.45) is 0. The van der Waals surface area contributed by atoms with Crippen LogP contribution in [0.1, 0.15) is 32.0 Å². The molecule has 0 aromatic carbocycles. The van der Waals surface area contributed by atoms with E-state index in [1.54, 1.807) is 0 Å². The molecule has 1 rings (SSSR count). The van der Waals surface area contributed by atoms with Gasteiger partial charge in [0, 0.05) is 31.5 Å². The molecule has 5 heteroatoms. The first-order valence-corrected chi connectivity index (χ1v) is 8.20. The third-order valence-corrected chi connectivity index (χ3v) is 4.55. The van der Waals surface area contributed by atoms with Crippen LogP contribution in [0, 0.1) is 6.92 Å². The van der Waals surface area contributed by atoms with Gasteiger partial charge in [-0.15, -0.1) is 11.8 Å². The molecule has 0 aliphatic carbocycles. The first-order chi connectivity index (χ1) is 9.13. The van der Waals surface area contributed by atoms with Crippen molar-refractivity contribution >= 4 is 11.8 Å². The Hall–Kier alpha value is -0.520. The van der Waals surface area contributed by atoms with Gasteiger partial charge in [0.15, 0.2) is 0 Å². The van der Waals surface area contributed by atoms with Crippen molar-refractivity contribution in [3.05, 3.63) is 11.3 Å².